The van der Waals surface area contributed by atoms with E-state index < -0.39 is 23.8 Å². The zero-order valence-electron chi connectivity index (χ0n) is 18.5. The van der Waals surface area contributed by atoms with Gasteiger partial charge in [0.05, 0.1) is 13.2 Å². The van der Waals surface area contributed by atoms with Crippen LogP contribution in [0.25, 0.3) is 12.2 Å². The fourth-order valence-corrected chi connectivity index (χ4v) is 2.65. The van der Waals surface area contributed by atoms with E-state index >= 15 is 0 Å². The molecule has 0 aromatic heterocycles. The average Bonchev–Trinajstić information content (AvgIpc) is 2.78. The molecule has 0 saturated carbocycles. The molecular weight excluding hydrogens is 424 g/mol. The molecule has 2 N–H and O–H groups in total. The van der Waals surface area contributed by atoms with Crippen LogP contribution in [0.5, 0.6) is 0 Å². The minimum atomic E-state index is -0.705. The highest BCUT2D eigenvalue weighted by molar-refractivity contribution is 5.98. The summed E-state index contributed by atoms with van der Waals surface area (Å²) in [6.07, 6.45) is 3.25. The van der Waals surface area contributed by atoms with Gasteiger partial charge >= 0.3 is 11.9 Å². The number of rotatable bonds is 10. The molecule has 0 fully saturated rings. The SMILES string of the molecule is CC(=O)N/C(=C\c1ccccc1)C(=O)OCCCOC(=O)/C(=C\c1ccccc1)NC(C)=O. The number of hydrogen-bond acceptors (Lipinski definition) is 6. The number of benzene rings is 2. The highest BCUT2D eigenvalue weighted by Gasteiger charge is 2.15. The van der Waals surface area contributed by atoms with Gasteiger partial charge in [0.1, 0.15) is 11.4 Å². The number of amides is 2. The maximum Gasteiger partial charge on any atom is 0.354 e. The highest BCUT2D eigenvalue weighted by Crippen LogP contribution is 2.08. The van der Waals surface area contributed by atoms with Crippen LogP contribution in [-0.2, 0) is 28.7 Å². The van der Waals surface area contributed by atoms with E-state index in [1.165, 1.54) is 26.0 Å². The van der Waals surface area contributed by atoms with E-state index in [4.69, 9.17) is 9.47 Å². The van der Waals surface area contributed by atoms with Crippen molar-refractivity contribution in [3.63, 3.8) is 0 Å². The Morgan fingerprint density at radius 1 is 0.667 bits per heavy atom. The third kappa shape index (κ3) is 9.65. The Morgan fingerprint density at radius 3 is 1.36 bits per heavy atom. The molecule has 0 radical (unpaired) electrons. The Balaban J connectivity index is 1.88. The van der Waals surface area contributed by atoms with E-state index in [0.29, 0.717) is 0 Å². The summed E-state index contributed by atoms with van der Waals surface area (Å²) < 4.78 is 10.4. The predicted octanol–water partition coefficient (Wildman–Crippen LogP) is 2.82. The Labute approximate surface area is 192 Å². The van der Waals surface area contributed by atoms with E-state index in [9.17, 15) is 19.2 Å². The van der Waals surface area contributed by atoms with Crippen molar-refractivity contribution in [1.29, 1.82) is 0 Å². The zero-order valence-corrected chi connectivity index (χ0v) is 18.5. The Hall–Kier alpha value is -4.20. The molecule has 0 saturated heterocycles. The molecule has 0 aliphatic rings. The lowest BCUT2D eigenvalue weighted by molar-refractivity contribution is -0.143. The molecule has 2 rings (SSSR count). The van der Waals surface area contributed by atoms with E-state index in [1.54, 1.807) is 48.5 Å². The molecule has 172 valence electrons. The van der Waals surface area contributed by atoms with Crippen LogP contribution >= 0.6 is 0 Å². The van der Waals surface area contributed by atoms with E-state index in [1.807, 2.05) is 12.1 Å². The quantitative estimate of drug-likeness (QED) is 0.327. The largest absolute Gasteiger partial charge is 0.461 e. The summed E-state index contributed by atoms with van der Waals surface area (Å²) in [5, 5.41) is 4.92. The summed E-state index contributed by atoms with van der Waals surface area (Å²) in [6, 6.07) is 18.0. The van der Waals surface area contributed by atoms with Crippen molar-refractivity contribution in [2.45, 2.75) is 20.3 Å². The normalized spacial score (nSPS) is 11.3. The third-order valence-electron chi connectivity index (χ3n) is 4.04. The molecule has 0 bridgehead atoms. The summed E-state index contributed by atoms with van der Waals surface area (Å²) in [5.74, 6) is -2.22. The smallest absolute Gasteiger partial charge is 0.354 e. The van der Waals surface area contributed by atoms with Gasteiger partial charge in [-0.05, 0) is 23.3 Å². The number of carbonyl (C=O) groups excluding carboxylic acids is 4. The molecule has 0 aliphatic carbocycles. The highest BCUT2D eigenvalue weighted by atomic mass is 16.5. The van der Waals surface area contributed by atoms with Crippen molar-refractivity contribution in [2.24, 2.45) is 0 Å². The van der Waals surface area contributed by atoms with Gasteiger partial charge in [0, 0.05) is 20.3 Å². The Morgan fingerprint density at radius 2 is 1.03 bits per heavy atom. The van der Waals surface area contributed by atoms with Crippen LogP contribution < -0.4 is 10.6 Å². The summed E-state index contributed by atoms with van der Waals surface area (Å²) in [4.78, 5) is 47.5. The van der Waals surface area contributed by atoms with Crippen LogP contribution in [0.2, 0.25) is 0 Å². The van der Waals surface area contributed by atoms with E-state index in [2.05, 4.69) is 10.6 Å². The molecule has 2 aromatic carbocycles. The first-order valence-electron chi connectivity index (χ1n) is 10.3. The van der Waals surface area contributed by atoms with Gasteiger partial charge in [0.15, 0.2) is 0 Å². The van der Waals surface area contributed by atoms with Gasteiger partial charge in [-0.15, -0.1) is 0 Å². The van der Waals surface area contributed by atoms with E-state index in [-0.39, 0.29) is 31.0 Å². The number of hydrogen-bond donors (Lipinski definition) is 2. The van der Waals surface area contributed by atoms with Crippen molar-refractivity contribution < 1.29 is 28.7 Å². The van der Waals surface area contributed by atoms with E-state index in [0.717, 1.165) is 11.1 Å². The summed E-state index contributed by atoms with van der Waals surface area (Å²) in [7, 11) is 0. The molecule has 0 atom stereocenters. The third-order valence-corrected chi connectivity index (χ3v) is 4.04. The van der Waals surface area contributed by atoms with Crippen molar-refractivity contribution in [2.75, 3.05) is 13.2 Å². The first kappa shape index (κ1) is 25.1. The Kier molecular flexibility index (Phi) is 10.1. The summed E-state index contributed by atoms with van der Waals surface area (Å²) in [6.45, 7) is 2.52. The lowest BCUT2D eigenvalue weighted by atomic mass is 10.2. The summed E-state index contributed by atoms with van der Waals surface area (Å²) >= 11 is 0. The molecule has 0 spiro atoms. The molecule has 8 heteroatoms. The second-order valence-corrected chi connectivity index (χ2v) is 6.93. The fraction of sp³-hybridized carbons (Fsp3) is 0.200. The van der Waals surface area contributed by atoms with Crippen LogP contribution in [0.3, 0.4) is 0 Å². The van der Waals surface area contributed by atoms with Crippen LogP contribution in [0.4, 0.5) is 0 Å². The monoisotopic (exact) mass is 450 g/mol. The first-order chi connectivity index (χ1) is 15.8. The van der Waals surface area contributed by atoms with Crippen molar-refractivity contribution in [1.82, 2.24) is 10.6 Å². The van der Waals surface area contributed by atoms with Crippen LogP contribution in [0.1, 0.15) is 31.4 Å². The van der Waals surface area contributed by atoms with Gasteiger partial charge in [-0.2, -0.15) is 0 Å². The number of ether oxygens (including phenoxy) is 2. The standard InChI is InChI=1S/C25H26N2O6/c1-18(28)26-22(16-20-10-5-3-6-11-20)24(30)32-14-9-15-33-25(31)23(27-19(2)29)17-21-12-7-4-8-13-21/h3-8,10-13,16-17H,9,14-15H2,1-2H3,(H,26,28)(H,27,29)/b22-16-,23-17+. The minimum Gasteiger partial charge on any atom is -0.461 e. The summed E-state index contributed by atoms with van der Waals surface area (Å²) in [5.41, 5.74) is 1.46. The lowest BCUT2D eigenvalue weighted by Crippen LogP contribution is -2.27. The second-order valence-electron chi connectivity index (χ2n) is 6.93. The van der Waals surface area contributed by atoms with Gasteiger partial charge in [0.25, 0.3) is 0 Å². The molecule has 8 nitrogen and oxygen atoms in total. The van der Waals surface area contributed by atoms with Crippen LogP contribution in [-0.4, -0.2) is 37.0 Å². The van der Waals surface area contributed by atoms with Gasteiger partial charge in [0.2, 0.25) is 11.8 Å². The molecule has 2 aromatic rings. The number of esters is 2. The van der Waals surface area contributed by atoms with Crippen molar-refractivity contribution in [3.05, 3.63) is 83.2 Å². The second kappa shape index (κ2) is 13.3. The number of nitrogens with one attached hydrogen (secondary N) is 2. The molecular formula is C25H26N2O6. The molecule has 0 unspecified atom stereocenters. The van der Waals surface area contributed by atoms with Crippen LogP contribution in [0.15, 0.2) is 72.1 Å². The van der Waals surface area contributed by atoms with Gasteiger partial charge < -0.3 is 20.1 Å². The first-order valence-corrected chi connectivity index (χ1v) is 10.3. The van der Waals surface area contributed by atoms with Gasteiger partial charge in [-0.1, -0.05) is 60.7 Å². The molecule has 33 heavy (non-hydrogen) atoms. The molecule has 2 amide bonds. The van der Waals surface area contributed by atoms with Crippen molar-refractivity contribution in [3.8, 4) is 0 Å². The maximum absolute atomic E-state index is 12.3. The number of carbonyl (C=O) groups is 4. The van der Waals surface area contributed by atoms with Gasteiger partial charge in [-0.25, -0.2) is 9.59 Å². The average molecular weight is 450 g/mol. The maximum atomic E-state index is 12.3. The van der Waals surface area contributed by atoms with Gasteiger partial charge in [-0.3, -0.25) is 9.59 Å². The predicted molar refractivity (Wildman–Crippen MR) is 123 cm³/mol. The minimum absolute atomic E-state index is 0.00411. The lowest BCUT2D eigenvalue weighted by Gasteiger charge is -2.11. The molecule has 0 aliphatic heterocycles. The Bertz CT molecular complexity index is 946. The van der Waals surface area contributed by atoms with Crippen molar-refractivity contribution >= 4 is 35.9 Å². The topological polar surface area (TPSA) is 111 Å². The van der Waals surface area contributed by atoms with Crippen LogP contribution in [0, 0.1) is 0 Å². The molecule has 0 heterocycles. The fourth-order valence-electron chi connectivity index (χ4n) is 2.65. The zero-order chi connectivity index (χ0) is 24.1.